The zero-order chi connectivity index (χ0) is 7.56. The molecule has 0 aliphatic rings. The Bertz CT molecular complexity index is 262. The molecule has 0 saturated carbocycles. The minimum Gasteiger partial charge on any atom is -0.478 e. The van der Waals surface area contributed by atoms with E-state index in [1.807, 2.05) is 0 Å². The number of benzene rings is 1. The van der Waals surface area contributed by atoms with Crippen molar-refractivity contribution < 1.29 is 9.90 Å². The van der Waals surface area contributed by atoms with Crippen LogP contribution in [0.4, 0.5) is 0 Å². The van der Waals surface area contributed by atoms with Gasteiger partial charge in [0.15, 0.2) is 0 Å². The van der Waals surface area contributed by atoms with E-state index in [4.69, 9.17) is 16.7 Å². The van der Waals surface area contributed by atoms with Crippen LogP contribution in [0.5, 0.6) is 0 Å². The Kier molecular flexibility index (Phi) is 4.21. The van der Waals surface area contributed by atoms with E-state index in [0.29, 0.717) is 0 Å². The summed E-state index contributed by atoms with van der Waals surface area (Å²) in [5.74, 6) is -0.995. The number of hydrogen-bond acceptors (Lipinski definition) is 1. The number of hydrogen-bond donors (Lipinski definition) is 1. The summed E-state index contributed by atoms with van der Waals surface area (Å²) in [5, 5.41) is 8.75. The van der Waals surface area contributed by atoms with Crippen LogP contribution >= 0.6 is 11.6 Å². The molecule has 0 aliphatic heterocycles. The smallest absolute Gasteiger partial charge is 0.337 e. The zero-order valence-corrected chi connectivity index (χ0v) is 7.53. The number of aromatic carboxylic acids is 1. The topological polar surface area (TPSA) is 37.3 Å². The first-order chi connectivity index (χ1) is 4.72. The van der Waals surface area contributed by atoms with Gasteiger partial charge in [0.25, 0.3) is 0 Å². The lowest BCUT2D eigenvalue weighted by atomic mass is 10.2. The summed E-state index contributed by atoms with van der Waals surface area (Å²) in [4.78, 5) is 10.3. The molecule has 1 aromatic rings. The molecule has 0 amide bonds. The average molecular weight is 184 g/mol. The predicted octanol–water partition coefficient (Wildman–Crippen LogP) is 1.66. The van der Waals surface area contributed by atoms with Crippen molar-refractivity contribution in [2.24, 2.45) is 0 Å². The van der Waals surface area contributed by atoms with E-state index in [0.717, 1.165) is 0 Å². The van der Waals surface area contributed by atoms with Gasteiger partial charge in [-0.1, -0.05) is 23.7 Å². The minimum absolute atomic E-state index is 0. The van der Waals surface area contributed by atoms with Crippen molar-refractivity contribution >= 4 is 34.9 Å². The second-order valence-corrected chi connectivity index (χ2v) is 2.19. The highest BCUT2D eigenvalue weighted by atomic mass is 35.5. The van der Waals surface area contributed by atoms with Gasteiger partial charge in [-0.25, -0.2) is 4.79 Å². The van der Waals surface area contributed by atoms with Crippen molar-refractivity contribution in [3.8, 4) is 0 Å². The van der Waals surface area contributed by atoms with Crippen LogP contribution in [0.25, 0.3) is 0 Å². The number of carbonyl (C=O) groups is 1. The highest BCUT2D eigenvalue weighted by Crippen LogP contribution is 2.13. The third kappa shape index (κ3) is 2.55. The quantitative estimate of drug-likeness (QED) is 0.673. The van der Waals surface area contributed by atoms with E-state index in [1.54, 1.807) is 18.2 Å². The fraction of sp³-hybridized carbons (Fsp3) is 0. The van der Waals surface area contributed by atoms with Crippen molar-refractivity contribution in [3.63, 3.8) is 0 Å². The van der Waals surface area contributed by atoms with Gasteiger partial charge in [0, 0.05) is 17.4 Å². The van der Waals surface area contributed by atoms with Crippen molar-refractivity contribution in [1.29, 1.82) is 0 Å². The van der Waals surface area contributed by atoms with Crippen molar-refractivity contribution in [2.45, 2.75) is 0 Å². The van der Waals surface area contributed by atoms with Crippen LogP contribution in [0.15, 0.2) is 24.3 Å². The van der Waals surface area contributed by atoms with Crippen LogP contribution in [0.1, 0.15) is 10.4 Å². The van der Waals surface area contributed by atoms with Gasteiger partial charge in [-0.15, -0.1) is 0 Å². The summed E-state index contributed by atoms with van der Waals surface area (Å²) in [6, 6.07) is 6.33. The molecule has 0 bridgehead atoms. The molecule has 1 aromatic carbocycles. The summed E-state index contributed by atoms with van der Waals surface area (Å²) in [7, 11) is 0. The average Bonchev–Trinajstić information content (AvgIpc) is 1.88. The molecule has 1 rings (SSSR count). The maximum absolute atomic E-state index is 10.3. The lowest BCUT2D eigenvalue weighted by molar-refractivity contribution is 0.0697. The molecule has 0 heterocycles. The third-order valence-corrected chi connectivity index (χ3v) is 1.43. The molecular weight excluding hydrogens is 179 g/mol. The summed E-state index contributed by atoms with van der Waals surface area (Å²) in [5.41, 5.74) is 0.143. The Morgan fingerprint density at radius 3 is 2.27 bits per heavy atom. The molecule has 0 aliphatic carbocycles. The predicted molar refractivity (Wildman–Crippen MR) is 44.2 cm³/mol. The molecule has 0 saturated heterocycles. The second-order valence-electron chi connectivity index (χ2n) is 1.78. The summed E-state index contributed by atoms with van der Waals surface area (Å²) >= 11 is 5.54. The number of rotatable bonds is 1. The van der Waals surface area contributed by atoms with Crippen molar-refractivity contribution in [1.82, 2.24) is 0 Å². The van der Waals surface area contributed by atoms with Gasteiger partial charge in [0.05, 0.1) is 10.6 Å². The lowest BCUT2D eigenvalue weighted by Gasteiger charge is -1.94. The number of carboxylic acids is 1. The molecule has 2 nitrogen and oxygen atoms in total. The van der Waals surface area contributed by atoms with E-state index in [-0.39, 0.29) is 27.9 Å². The number of halogens is 1. The minimum atomic E-state index is -0.995. The summed E-state index contributed by atoms with van der Waals surface area (Å²) in [6.07, 6.45) is 0. The van der Waals surface area contributed by atoms with E-state index in [9.17, 15) is 4.79 Å². The van der Waals surface area contributed by atoms with Crippen LogP contribution < -0.4 is 0 Å². The van der Waals surface area contributed by atoms with E-state index >= 15 is 0 Å². The van der Waals surface area contributed by atoms with Crippen LogP contribution in [-0.2, 0) is 0 Å². The van der Waals surface area contributed by atoms with Crippen LogP contribution in [0, 0.1) is 0 Å². The molecular formula is C7H5AlClO2. The van der Waals surface area contributed by atoms with Crippen LogP contribution in [0.3, 0.4) is 0 Å². The van der Waals surface area contributed by atoms with Crippen LogP contribution in [0.2, 0.25) is 5.02 Å². The lowest BCUT2D eigenvalue weighted by Crippen LogP contribution is -1.95. The maximum atomic E-state index is 10.3. The van der Waals surface area contributed by atoms with Gasteiger partial charge in [0.1, 0.15) is 0 Å². The fourth-order valence-electron chi connectivity index (χ4n) is 0.635. The largest absolute Gasteiger partial charge is 0.478 e. The van der Waals surface area contributed by atoms with Gasteiger partial charge in [0.2, 0.25) is 0 Å². The zero-order valence-electron chi connectivity index (χ0n) is 5.62. The van der Waals surface area contributed by atoms with E-state index < -0.39 is 5.97 Å². The Hall–Kier alpha value is -0.488. The molecule has 0 unspecified atom stereocenters. The molecule has 0 fully saturated rings. The molecule has 0 aromatic heterocycles. The highest BCUT2D eigenvalue weighted by Gasteiger charge is 2.04. The summed E-state index contributed by atoms with van der Waals surface area (Å²) in [6.45, 7) is 0. The van der Waals surface area contributed by atoms with Crippen molar-refractivity contribution in [2.75, 3.05) is 0 Å². The number of carboxylic acid groups (broad SMARTS) is 1. The normalized spacial score (nSPS) is 8.45. The van der Waals surface area contributed by atoms with Gasteiger partial charge in [-0.2, -0.15) is 0 Å². The monoisotopic (exact) mass is 183 g/mol. The summed E-state index contributed by atoms with van der Waals surface area (Å²) < 4.78 is 0. The highest BCUT2D eigenvalue weighted by molar-refractivity contribution is 6.33. The fourth-order valence-corrected chi connectivity index (χ4v) is 0.851. The first-order valence-electron chi connectivity index (χ1n) is 2.69. The molecule has 11 heavy (non-hydrogen) atoms. The molecule has 0 atom stereocenters. The molecule has 1 N–H and O–H groups in total. The molecule has 3 radical (unpaired) electrons. The molecule has 0 spiro atoms. The van der Waals surface area contributed by atoms with E-state index in [2.05, 4.69) is 0 Å². The van der Waals surface area contributed by atoms with Crippen molar-refractivity contribution in [3.05, 3.63) is 34.9 Å². The first-order valence-corrected chi connectivity index (χ1v) is 3.07. The Morgan fingerprint density at radius 2 is 1.91 bits per heavy atom. The maximum Gasteiger partial charge on any atom is 0.337 e. The molecule has 55 valence electrons. The standard InChI is InChI=1S/C7H5ClO2.Al/c8-6-4-2-1-3-5(6)7(9)10;/h1-4H,(H,9,10);. The Labute approximate surface area is 79.9 Å². The van der Waals surface area contributed by atoms with Crippen LogP contribution in [-0.4, -0.2) is 28.4 Å². The van der Waals surface area contributed by atoms with E-state index in [1.165, 1.54) is 6.07 Å². The SMILES string of the molecule is O=C(O)c1ccccc1Cl.[Al]. The first kappa shape index (κ1) is 10.5. The Morgan fingerprint density at radius 1 is 1.36 bits per heavy atom. The van der Waals surface area contributed by atoms with Gasteiger partial charge < -0.3 is 5.11 Å². The van der Waals surface area contributed by atoms with Gasteiger partial charge >= 0.3 is 5.97 Å². The molecule has 4 heteroatoms. The van der Waals surface area contributed by atoms with Gasteiger partial charge in [-0.05, 0) is 12.1 Å². The third-order valence-electron chi connectivity index (χ3n) is 1.10. The van der Waals surface area contributed by atoms with Gasteiger partial charge in [-0.3, -0.25) is 0 Å². The second kappa shape index (κ2) is 4.40. The Balaban J connectivity index is 0.000001000.